The van der Waals surface area contributed by atoms with Crippen LogP contribution in [0.15, 0.2) is 49.2 Å². The van der Waals surface area contributed by atoms with Gasteiger partial charge in [-0.15, -0.1) is 0 Å². The van der Waals surface area contributed by atoms with Gasteiger partial charge in [0.15, 0.2) is 0 Å². The van der Waals surface area contributed by atoms with Crippen molar-refractivity contribution in [2.24, 2.45) is 0 Å². The van der Waals surface area contributed by atoms with Crippen molar-refractivity contribution in [2.75, 3.05) is 13.1 Å². The minimum atomic E-state index is -4.55. The molecule has 4 rings (SSSR count). The molecule has 34 heavy (non-hydrogen) atoms. The highest BCUT2D eigenvalue weighted by molar-refractivity contribution is 6.09. The predicted molar refractivity (Wildman–Crippen MR) is 121 cm³/mol. The van der Waals surface area contributed by atoms with E-state index in [0.717, 1.165) is 12.3 Å². The van der Waals surface area contributed by atoms with Crippen LogP contribution in [0.1, 0.15) is 42.4 Å². The van der Waals surface area contributed by atoms with E-state index in [2.05, 4.69) is 16.9 Å². The minimum absolute atomic E-state index is 0.0927. The molecule has 1 saturated heterocycles. The predicted octanol–water partition coefficient (Wildman–Crippen LogP) is 4.21. The lowest BCUT2D eigenvalue weighted by Crippen LogP contribution is -2.31. The molecule has 1 aromatic carbocycles. The van der Waals surface area contributed by atoms with Crippen molar-refractivity contribution in [1.29, 1.82) is 0 Å². The molecular formula is C24H24F3N5O2. The third-order valence-electron chi connectivity index (χ3n) is 5.72. The fourth-order valence-electron chi connectivity index (χ4n) is 4.17. The van der Waals surface area contributed by atoms with Crippen molar-refractivity contribution in [2.45, 2.75) is 38.5 Å². The zero-order chi connectivity index (χ0) is 24.6. The Balaban J connectivity index is 1.85. The van der Waals surface area contributed by atoms with Gasteiger partial charge >= 0.3 is 6.18 Å². The number of rotatable bonds is 5. The normalized spacial score (nSPS) is 16.3. The molecule has 0 spiro atoms. The Labute approximate surface area is 194 Å². The van der Waals surface area contributed by atoms with Crippen molar-refractivity contribution >= 4 is 22.7 Å². The zero-order valence-corrected chi connectivity index (χ0v) is 18.8. The van der Waals surface area contributed by atoms with Gasteiger partial charge in [0.05, 0.1) is 17.1 Å². The number of benzene rings is 1. The minimum Gasteiger partial charge on any atom is -0.350 e. The van der Waals surface area contributed by atoms with Gasteiger partial charge in [0.1, 0.15) is 11.4 Å². The van der Waals surface area contributed by atoms with E-state index in [9.17, 15) is 22.8 Å². The number of likely N-dealkylation sites (tertiary alicyclic amines) is 1. The van der Waals surface area contributed by atoms with Gasteiger partial charge < -0.3 is 10.2 Å². The van der Waals surface area contributed by atoms with E-state index >= 15 is 0 Å². The van der Waals surface area contributed by atoms with Crippen LogP contribution in [0.3, 0.4) is 0 Å². The van der Waals surface area contributed by atoms with E-state index < -0.39 is 11.9 Å². The summed E-state index contributed by atoms with van der Waals surface area (Å²) >= 11 is 0. The number of aromatic nitrogens is 3. The molecule has 0 radical (unpaired) electrons. The van der Waals surface area contributed by atoms with Gasteiger partial charge in [-0.1, -0.05) is 18.7 Å². The van der Waals surface area contributed by atoms with Crippen LogP contribution < -0.4 is 5.32 Å². The fraction of sp³-hybridized carbons (Fsp3) is 0.333. The molecule has 1 aliphatic rings. The highest BCUT2D eigenvalue weighted by Crippen LogP contribution is 2.35. The van der Waals surface area contributed by atoms with Crippen LogP contribution in [0, 0.1) is 0 Å². The summed E-state index contributed by atoms with van der Waals surface area (Å²) in [6.07, 6.45) is -1.55. The lowest BCUT2D eigenvalue weighted by Gasteiger charge is -2.16. The van der Waals surface area contributed by atoms with Crippen molar-refractivity contribution in [1.82, 2.24) is 25.0 Å². The van der Waals surface area contributed by atoms with Gasteiger partial charge in [0.2, 0.25) is 5.91 Å². The molecule has 3 heterocycles. The summed E-state index contributed by atoms with van der Waals surface area (Å²) in [7, 11) is 0. The summed E-state index contributed by atoms with van der Waals surface area (Å²) in [4.78, 5) is 30.3. The lowest BCUT2D eigenvalue weighted by molar-refractivity contribution is -0.141. The molecule has 0 saturated carbocycles. The van der Waals surface area contributed by atoms with E-state index in [1.54, 1.807) is 27.8 Å². The van der Waals surface area contributed by atoms with Crippen molar-refractivity contribution in [3.8, 4) is 11.3 Å². The molecule has 10 heteroatoms. The van der Waals surface area contributed by atoms with Gasteiger partial charge in [0, 0.05) is 36.3 Å². The Kier molecular flexibility index (Phi) is 6.16. The van der Waals surface area contributed by atoms with Crippen LogP contribution in [-0.4, -0.2) is 50.6 Å². The SMILES string of the molecule is C=CC(=O)N1CCC(n2nc(-c3ccc(C(F)(F)F)nc3)c3cccc(C(=O)NC(C)C)c32)C1. The molecule has 178 valence electrons. The van der Waals surface area contributed by atoms with Crippen LogP contribution in [-0.2, 0) is 11.0 Å². The zero-order valence-electron chi connectivity index (χ0n) is 18.8. The summed E-state index contributed by atoms with van der Waals surface area (Å²) in [5, 5.41) is 8.23. The number of hydrogen-bond acceptors (Lipinski definition) is 4. The number of carbonyl (C=O) groups is 2. The summed E-state index contributed by atoms with van der Waals surface area (Å²) < 4.78 is 40.7. The average molecular weight is 471 g/mol. The van der Waals surface area contributed by atoms with Gasteiger partial charge in [-0.05, 0) is 44.5 Å². The van der Waals surface area contributed by atoms with Crippen LogP contribution in [0.2, 0.25) is 0 Å². The molecule has 3 aromatic rings. The molecule has 0 aliphatic carbocycles. The van der Waals surface area contributed by atoms with Crippen LogP contribution in [0.5, 0.6) is 0 Å². The van der Waals surface area contributed by atoms with E-state index in [4.69, 9.17) is 5.10 Å². The van der Waals surface area contributed by atoms with E-state index in [1.165, 1.54) is 12.1 Å². The van der Waals surface area contributed by atoms with E-state index in [0.29, 0.717) is 47.2 Å². The van der Waals surface area contributed by atoms with Crippen molar-refractivity contribution in [3.05, 3.63) is 60.4 Å². The number of amides is 2. The van der Waals surface area contributed by atoms with E-state index in [1.807, 2.05) is 13.8 Å². The molecule has 7 nitrogen and oxygen atoms in total. The topological polar surface area (TPSA) is 80.1 Å². The number of nitrogens with zero attached hydrogens (tertiary/aromatic N) is 4. The Morgan fingerprint density at radius 3 is 2.62 bits per heavy atom. The van der Waals surface area contributed by atoms with Crippen molar-refractivity contribution < 1.29 is 22.8 Å². The number of fused-ring (bicyclic) bond motifs is 1. The third-order valence-corrected chi connectivity index (χ3v) is 5.72. The highest BCUT2D eigenvalue weighted by atomic mass is 19.4. The summed E-state index contributed by atoms with van der Waals surface area (Å²) in [5.41, 5.74) is 0.789. The molecule has 1 unspecified atom stereocenters. The van der Waals surface area contributed by atoms with E-state index in [-0.39, 0.29) is 23.9 Å². The van der Waals surface area contributed by atoms with Gasteiger partial charge in [0.25, 0.3) is 5.91 Å². The first kappa shape index (κ1) is 23.5. The Hall–Kier alpha value is -3.69. The second kappa shape index (κ2) is 8.92. The van der Waals surface area contributed by atoms with Gasteiger partial charge in [-0.25, -0.2) is 0 Å². The first-order chi connectivity index (χ1) is 16.1. The number of alkyl halides is 3. The van der Waals surface area contributed by atoms with Crippen molar-refractivity contribution in [3.63, 3.8) is 0 Å². The first-order valence-electron chi connectivity index (χ1n) is 10.9. The second-order valence-corrected chi connectivity index (χ2v) is 8.48. The lowest BCUT2D eigenvalue weighted by atomic mass is 10.0. The molecule has 2 aromatic heterocycles. The van der Waals surface area contributed by atoms with Gasteiger partial charge in [-0.2, -0.15) is 18.3 Å². The smallest absolute Gasteiger partial charge is 0.350 e. The van der Waals surface area contributed by atoms with Crippen LogP contribution in [0.4, 0.5) is 13.2 Å². The fourth-order valence-corrected chi connectivity index (χ4v) is 4.17. The molecule has 1 atom stereocenters. The maximum absolute atomic E-state index is 13.0. The number of carbonyl (C=O) groups excluding carboxylic acids is 2. The Bertz CT molecular complexity index is 1250. The Morgan fingerprint density at radius 2 is 2.00 bits per heavy atom. The second-order valence-electron chi connectivity index (χ2n) is 8.48. The first-order valence-corrected chi connectivity index (χ1v) is 10.9. The monoisotopic (exact) mass is 471 g/mol. The maximum Gasteiger partial charge on any atom is 0.433 e. The maximum atomic E-state index is 13.0. The summed E-state index contributed by atoms with van der Waals surface area (Å²) in [5.74, 6) is -0.472. The number of nitrogens with one attached hydrogen (secondary N) is 1. The third kappa shape index (κ3) is 4.40. The molecule has 1 aliphatic heterocycles. The molecule has 1 N–H and O–H groups in total. The number of halogens is 3. The summed E-state index contributed by atoms with van der Waals surface area (Å²) in [6.45, 7) is 8.13. The molecule has 0 bridgehead atoms. The quantitative estimate of drug-likeness (QED) is 0.566. The number of hydrogen-bond donors (Lipinski definition) is 1. The highest BCUT2D eigenvalue weighted by Gasteiger charge is 2.33. The molecule has 2 amide bonds. The molecule has 1 fully saturated rings. The van der Waals surface area contributed by atoms with Crippen LogP contribution >= 0.6 is 0 Å². The standard InChI is InChI=1S/C24H24F3N5O2/c1-4-20(33)31-11-10-16(13-31)32-22-17(6-5-7-18(22)23(34)29-14(2)3)21(30-32)15-8-9-19(28-12-15)24(25,26)27/h4-9,12,14,16H,1,10-11,13H2,2-3H3,(H,29,34). The summed E-state index contributed by atoms with van der Waals surface area (Å²) in [6, 6.07) is 7.11. The molecular weight excluding hydrogens is 447 g/mol. The number of para-hydroxylation sites is 1. The average Bonchev–Trinajstić information content (AvgIpc) is 3.42. The Morgan fingerprint density at radius 1 is 1.24 bits per heavy atom. The number of pyridine rings is 1. The van der Waals surface area contributed by atoms with Crippen LogP contribution in [0.25, 0.3) is 22.2 Å². The van der Waals surface area contributed by atoms with Gasteiger partial charge in [-0.3, -0.25) is 19.3 Å². The largest absolute Gasteiger partial charge is 0.433 e.